The summed E-state index contributed by atoms with van der Waals surface area (Å²) in [6.07, 6.45) is 2.89. The van der Waals surface area contributed by atoms with Crippen LogP contribution in [0.5, 0.6) is 5.75 Å². The number of hydrogen-bond acceptors (Lipinski definition) is 4. The molecule has 0 saturated carbocycles. The van der Waals surface area contributed by atoms with Crippen molar-refractivity contribution >= 4 is 33.0 Å². The average molecular weight is 386 g/mol. The van der Waals surface area contributed by atoms with Gasteiger partial charge in [-0.2, -0.15) is 4.31 Å². The number of rotatable bonds is 4. The highest BCUT2D eigenvalue weighted by Gasteiger charge is 2.30. The van der Waals surface area contributed by atoms with Crippen molar-refractivity contribution in [3.8, 4) is 5.75 Å². The van der Waals surface area contributed by atoms with Crippen LogP contribution in [0.25, 0.3) is 0 Å². The second-order valence-corrected chi connectivity index (χ2v) is 9.77. The summed E-state index contributed by atoms with van der Waals surface area (Å²) in [5, 5.41) is 0. The molecule has 24 heavy (non-hydrogen) atoms. The van der Waals surface area contributed by atoms with Gasteiger partial charge < -0.3 is 4.74 Å². The molecule has 1 aromatic carbocycles. The van der Waals surface area contributed by atoms with Crippen LogP contribution in [0, 0.1) is 0 Å². The van der Waals surface area contributed by atoms with Gasteiger partial charge in [-0.15, -0.1) is 11.3 Å². The van der Waals surface area contributed by atoms with E-state index in [0.29, 0.717) is 21.6 Å². The zero-order valence-electron chi connectivity index (χ0n) is 13.4. The Morgan fingerprint density at radius 3 is 2.54 bits per heavy atom. The van der Waals surface area contributed by atoms with Crippen molar-refractivity contribution in [1.29, 1.82) is 0 Å². The largest absolute Gasteiger partial charge is 0.497 e. The van der Waals surface area contributed by atoms with Gasteiger partial charge >= 0.3 is 0 Å². The monoisotopic (exact) mass is 385 g/mol. The van der Waals surface area contributed by atoms with Gasteiger partial charge in [0, 0.05) is 13.1 Å². The Bertz CT molecular complexity index is 786. The second-order valence-electron chi connectivity index (χ2n) is 5.89. The number of ether oxygens (including phenoxy) is 1. The zero-order chi connectivity index (χ0) is 17.2. The van der Waals surface area contributed by atoms with Gasteiger partial charge in [0.15, 0.2) is 0 Å². The molecule has 0 bridgehead atoms. The summed E-state index contributed by atoms with van der Waals surface area (Å²) in [6.45, 7) is 1.06. The third-order valence-corrected chi connectivity index (χ3v) is 7.93. The Balaban J connectivity index is 1.84. The molecule has 7 heteroatoms. The van der Waals surface area contributed by atoms with E-state index in [1.807, 2.05) is 24.3 Å². The van der Waals surface area contributed by atoms with Crippen LogP contribution in [-0.4, -0.2) is 32.9 Å². The molecule has 0 aliphatic carbocycles. The van der Waals surface area contributed by atoms with Crippen LogP contribution < -0.4 is 4.74 Å². The van der Waals surface area contributed by atoms with Crippen LogP contribution in [0.3, 0.4) is 0 Å². The highest BCUT2D eigenvalue weighted by Crippen LogP contribution is 2.33. The van der Waals surface area contributed by atoms with E-state index < -0.39 is 10.0 Å². The summed E-state index contributed by atoms with van der Waals surface area (Å²) < 4.78 is 33.4. The molecule has 1 atom stereocenters. The van der Waals surface area contributed by atoms with Crippen LogP contribution in [-0.2, 0) is 10.0 Å². The van der Waals surface area contributed by atoms with E-state index >= 15 is 0 Å². The predicted molar refractivity (Wildman–Crippen MR) is 97.7 cm³/mol. The Morgan fingerprint density at radius 2 is 1.92 bits per heavy atom. The van der Waals surface area contributed by atoms with Crippen molar-refractivity contribution in [3.05, 3.63) is 46.3 Å². The van der Waals surface area contributed by atoms with Crippen LogP contribution >= 0.6 is 22.9 Å². The van der Waals surface area contributed by atoms with Gasteiger partial charge in [0.1, 0.15) is 9.96 Å². The summed E-state index contributed by atoms with van der Waals surface area (Å²) in [4.78, 5) is 0. The Morgan fingerprint density at radius 1 is 1.17 bits per heavy atom. The van der Waals surface area contributed by atoms with Crippen molar-refractivity contribution in [2.75, 3.05) is 20.2 Å². The third kappa shape index (κ3) is 3.77. The van der Waals surface area contributed by atoms with Crippen molar-refractivity contribution < 1.29 is 13.2 Å². The Kier molecular flexibility index (Phi) is 5.49. The van der Waals surface area contributed by atoms with E-state index in [1.165, 1.54) is 0 Å². The molecule has 0 spiro atoms. The first kappa shape index (κ1) is 17.7. The highest BCUT2D eigenvalue weighted by atomic mass is 35.5. The number of halogens is 1. The number of methoxy groups -OCH3 is 1. The van der Waals surface area contributed by atoms with Gasteiger partial charge in [-0.25, -0.2) is 8.42 Å². The first-order valence-corrected chi connectivity index (χ1v) is 10.5. The first-order valence-electron chi connectivity index (χ1n) is 7.90. The fourth-order valence-corrected chi connectivity index (χ4v) is 6.20. The van der Waals surface area contributed by atoms with Crippen LogP contribution in [0.1, 0.15) is 30.7 Å². The van der Waals surface area contributed by atoms with Gasteiger partial charge in [-0.05, 0) is 48.6 Å². The minimum Gasteiger partial charge on any atom is -0.497 e. The smallest absolute Gasteiger partial charge is 0.252 e. The number of benzene rings is 1. The second kappa shape index (κ2) is 7.44. The van der Waals surface area contributed by atoms with Crippen molar-refractivity contribution in [1.82, 2.24) is 4.31 Å². The van der Waals surface area contributed by atoms with Crippen molar-refractivity contribution in [2.24, 2.45) is 0 Å². The fraction of sp³-hybridized carbons (Fsp3) is 0.412. The Hall–Kier alpha value is -1.08. The van der Waals surface area contributed by atoms with E-state index in [0.717, 1.165) is 41.9 Å². The number of nitrogens with zero attached hydrogens (tertiary/aromatic N) is 1. The first-order chi connectivity index (χ1) is 11.5. The topological polar surface area (TPSA) is 46.6 Å². The molecule has 1 aromatic heterocycles. The molecule has 0 amide bonds. The molecule has 130 valence electrons. The maximum Gasteiger partial charge on any atom is 0.252 e. The quantitative estimate of drug-likeness (QED) is 0.785. The lowest BCUT2D eigenvalue weighted by molar-refractivity contribution is 0.405. The molecule has 0 radical (unpaired) electrons. The molecule has 0 N–H and O–H groups in total. The van der Waals surface area contributed by atoms with E-state index in [2.05, 4.69) is 0 Å². The van der Waals surface area contributed by atoms with Gasteiger partial charge in [0.2, 0.25) is 0 Å². The lowest BCUT2D eigenvalue weighted by Crippen LogP contribution is -2.33. The van der Waals surface area contributed by atoms with E-state index in [-0.39, 0.29) is 5.92 Å². The van der Waals surface area contributed by atoms with E-state index in [9.17, 15) is 8.42 Å². The number of hydrogen-bond donors (Lipinski definition) is 0. The van der Waals surface area contributed by atoms with E-state index in [4.69, 9.17) is 16.3 Å². The normalized spacial score (nSPS) is 19.8. The standard InChI is InChI=1S/C17H20ClNO3S2/c1-22-15-7-5-13(6-8-15)14-4-2-3-11-19(12-14)24(20,21)17-10-9-16(18)23-17/h5-10,14H,2-4,11-12H2,1H3. The third-order valence-electron chi connectivity index (χ3n) is 4.36. The Labute approximate surface area is 152 Å². The van der Waals surface area contributed by atoms with Crippen LogP contribution in [0.2, 0.25) is 4.34 Å². The molecular formula is C17H20ClNO3S2. The molecule has 1 aliphatic rings. The predicted octanol–water partition coefficient (Wildman–Crippen LogP) is 4.37. The average Bonchev–Trinajstić information content (AvgIpc) is 2.88. The van der Waals surface area contributed by atoms with Crippen molar-refractivity contribution in [3.63, 3.8) is 0 Å². The van der Waals surface area contributed by atoms with Gasteiger partial charge in [-0.1, -0.05) is 30.2 Å². The minimum absolute atomic E-state index is 0.198. The van der Waals surface area contributed by atoms with E-state index in [1.54, 1.807) is 23.5 Å². The fourth-order valence-electron chi connectivity index (χ4n) is 3.04. The van der Waals surface area contributed by atoms with Gasteiger partial charge in [0.25, 0.3) is 10.0 Å². The lowest BCUT2D eigenvalue weighted by Gasteiger charge is -2.23. The molecule has 1 unspecified atom stereocenters. The minimum atomic E-state index is -3.48. The molecule has 1 saturated heterocycles. The number of sulfonamides is 1. The molecule has 3 rings (SSSR count). The molecule has 4 nitrogen and oxygen atoms in total. The summed E-state index contributed by atoms with van der Waals surface area (Å²) in [5.74, 6) is 1.01. The molecule has 1 aliphatic heterocycles. The molecular weight excluding hydrogens is 366 g/mol. The van der Waals surface area contributed by atoms with Gasteiger partial charge in [-0.3, -0.25) is 0 Å². The SMILES string of the molecule is COc1ccc(C2CCCCN(S(=O)(=O)c3ccc(Cl)s3)C2)cc1. The van der Waals surface area contributed by atoms with Crippen molar-refractivity contribution in [2.45, 2.75) is 29.4 Å². The summed E-state index contributed by atoms with van der Waals surface area (Å²) in [7, 11) is -1.84. The zero-order valence-corrected chi connectivity index (χ0v) is 15.8. The molecule has 1 fully saturated rings. The van der Waals surface area contributed by atoms with Gasteiger partial charge in [0.05, 0.1) is 11.4 Å². The molecule has 2 heterocycles. The summed E-state index contributed by atoms with van der Waals surface area (Å²) in [5.41, 5.74) is 1.15. The highest BCUT2D eigenvalue weighted by molar-refractivity contribution is 7.91. The lowest BCUT2D eigenvalue weighted by atomic mass is 9.94. The van der Waals surface area contributed by atoms with Crippen LogP contribution in [0.4, 0.5) is 0 Å². The van der Waals surface area contributed by atoms with Crippen LogP contribution in [0.15, 0.2) is 40.6 Å². The maximum absolute atomic E-state index is 12.9. The summed E-state index contributed by atoms with van der Waals surface area (Å²) in [6, 6.07) is 11.1. The summed E-state index contributed by atoms with van der Waals surface area (Å²) >= 11 is 7.03. The number of thiophene rings is 1. The maximum atomic E-state index is 12.9. The molecule has 2 aromatic rings.